The number of allylic oxidation sites excluding steroid dienone is 4. The molecule has 0 aromatic carbocycles. The monoisotopic (exact) mass is 369 g/mol. The van der Waals surface area contributed by atoms with E-state index in [0.717, 1.165) is 30.4 Å². The van der Waals surface area contributed by atoms with Crippen molar-refractivity contribution in [2.45, 2.75) is 55.8 Å². The molecular formula is C19H25Cl2NO2. The van der Waals surface area contributed by atoms with Crippen LogP contribution in [0.15, 0.2) is 47.7 Å². The molecule has 0 fully saturated rings. The standard InChI is InChI=1S/C19H25Cl2NO2/c1-11(4-5-12(2)20)14(9-19(23)24)8-18-13(3)16-10-15(21)6-7-17(16)22-18/h4-5,12,14-15,18,22H,1,3,6-10H2,2H3,(H,23,24)/b5-4-/t12-,14?,15?,18?/m0/s1. The van der Waals surface area contributed by atoms with Crippen LogP contribution >= 0.6 is 23.2 Å². The summed E-state index contributed by atoms with van der Waals surface area (Å²) in [6.45, 7) is 10.1. The maximum atomic E-state index is 11.2. The van der Waals surface area contributed by atoms with Crippen molar-refractivity contribution in [2.24, 2.45) is 5.92 Å². The van der Waals surface area contributed by atoms with Gasteiger partial charge in [-0.1, -0.05) is 30.9 Å². The molecule has 4 atom stereocenters. The topological polar surface area (TPSA) is 49.3 Å². The Balaban J connectivity index is 2.06. The molecule has 24 heavy (non-hydrogen) atoms. The summed E-state index contributed by atoms with van der Waals surface area (Å²) in [5.74, 6) is -0.979. The average Bonchev–Trinajstić information content (AvgIpc) is 2.80. The van der Waals surface area contributed by atoms with E-state index in [4.69, 9.17) is 23.2 Å². The molecule has 0 radical (unpaired) electrons. The molecule has 2 aliphatic rings. The molecule has 1 heterocycles. The highest BCUT2D eigenvalue weighted by molar-refractivity contribution is 6.21. The molecule has 3 nitrogen and oxygen atoms in total. The number of hydrogen-bond donors (Lipinski definition) is 2. The quantitative estimate of drug-likeness (QED) is 0.501. The first kappa shape index (κ1) is 19.1. The fourth-order valence-electron chi connectivity index (χ4n) is 3.35. The lowest BCUT2D eigenvalue weighted by Crippen LogP contribution is -2.28. The molecule has 0 aromatic heterocycles. The van der Waals surface area contributed by atoms with Crippen molar-refractivity contribution in [3.05, 3.63) is 47.7 Å². The van der Waals surface area contributed by atoms with Gasteiger partial charge in [0.25, 0.3) is 0 Å². The summed E-state index contributed by atoms with van der Waals surface area (Å²) < 4.78 is 0. The van der Waals surface area contributed by atoms with Crippen molar-refractivity contribution in [1.29, 1.82) is 0 Å². The minimum Gasteiger partial charge on any atom is -0.481 e. The SMILES string of the molecule is C=C(/C=C\[C@H](C)Cl)C(CC(=O)O)CC1NC2=C(CC(Cl)CC2)C1=C. The van der Waals surface area contributed by atoms with E-state index in [2.05, 4.69) is 18.5 Å². The highest BCUT2D eigenvalue weighted by Crippen LogP contribution is 2.39. The molecule has 0 saturated carbocycles. The summed E-state index contributed by atoms with van der Waals surface area (Å²) in [6.07, 6.45) is 7.12. The van der Waals surface area contributed by atoms with Crippen molar-refractivity contribution in [2.75, 3.05) is 0 Å². The van der Waals surface area contributed by atoms with Crippen LogP contribution in [0.25, 0.3) is 0 Å². The normalized spacial score (nSPS) is 26.2. The lowest BCUT2D eigenvalue weighted by Gasteiger charge is -2.22. The van der Waals surface area contributed by atoms with Crippen LogP contribution in [0.3, 0.4) is 0 Å². The predicted molar refractivity (Wildman–Crippen MR) is 101 cm³/mol. The molecule has 0 saturated heterocycles. The zero-order valence-corrected chi connectivity index (χ0v) is 15.5. The van der Waals surface area contributed by atoms with E-state index in [1.807, 2.05) is 19.1 Å². The third kappa shape index (κ3) is 4.90. The van der Waals surface area contributed by atoms with Crippen molar-refractivity contribution in [3.8, 4) is 0 Å². The largest absolute Gasteiger partial charge is 0.481 e. The molecule has 3 unspecified atom stereocenters. The van der Waals surface area contributed by atoms with E-state index in [0.29, 0.717) is 6.42 Å². The Hall–Kier alpha value is -1.19. The van der Waals surface area contributed by atoms with Gasteiger partial charge < -0.3 is 10.4 Å². The number of nitrogens with one attached hydrogen (secondary N) is 1. The summed E-state index contributed by atoms with van der Waals surface area (Å²) in [7, 11) is 0. The molecule has 0 bridgehead atoms. The van der Waals surface area contributed by atoms with Gasteiger partial charge in [0.15, 0.2) is 0 Å². The third-order valence-corrected chi connectivity index (χ3v) is 5.21. The van der Waals surface area contributed by atoms with E-state index in [1.54, 1.807) is 0 Å². The molecule has 5 heteroatoms. The second kappa shape index (κ2) is 8.26. The zero-order chi connectivity index (χ0) is 17.9. The van der Waals surface area contributed by atoms with E-state index < -0.39 is 5.97 Å². The smallest absolute Gasteiger partial charge is 0.303 e. The van der Waals surface area contributed by atoms with Gasteiger partial charge in [-0.15, -0.1) is 23.2 Å². The van der Waals surface area contributed by atoms with Crippen molar-refractivity contribution in [3.63, 3.8) is 0 Å². The summed E-state index contributed by atoms with van der Waals surface area (Å²) >= 11 is 12.2. The fourth-order valence-corrected chi connectivity index (χ4v) is 3.68. The molecule has 1 aliphatic heterocycles. The Morgan fingerprint density at radius 1 is 1.54 bits per heavy atom. The van der Waals surface area contributed by atoms with Crippen molar-refractivity contribution >= 4 is 29.2 Å². The third-order valence-electron chi connectivity index (χ3n) is 4.70. The van der Waals surface area contributed by atoms with Gasteiger partial charge >= 0.3 is 5.97 Å². The number of carbonyl (C=O) groups is 1. The minimum absolute atomic E-state index is 0.0497. The number of aliphatic carboxylic acids is 1. The molecule has 1 aliphatic carbocycles. The predicted octanol–water partition coefficient (Wildman–Crippen LogP) is 4.78. The second-order valence-corrected chi connectivity index (χ2v) is 7.97. The minimum atomic E-state index is -0.823. The van der Waals surface area contributed by atoms with Crippen LogP contribution in [0.5, 0.6) is 0 Å². The maximum Gasteiger partial charge on any atom is 0.303 e. The van der Waals surface area contributed by atoms with Gasteiger partial charge in [-0.2, -0.15) is 0 Å². The highest BCUT2D eigenvalue weighted by Gasteiger charge is 2.33. The molecule has 132 valence electrons. The number of rotatable bonds is 7. The van der Waals surface area contributed by atoms with E-state index in [9.17, 15) is 9.90 Å². The van der Waals surface area contributed by atoms with Crippen molar-refractivity contribution in [1.82, 2.24) is 5.32 Å². The van der Waals surface area contributed by atoms with Gasteiger partial charge in [-0.05, 0) is 49.7 Å². The Bertz CT molecular complexity index is 592. The van der Waals surface area contributed by atoms with Crippen LogP contribution < -0.4 is 5.32 Å². The van der Waals surface area contributed by atoms with Gasteiger partial charge in [0.05, 0.1) is 12.5 Å². The lowest BCUT2D eigenvalue weighted by atomic mass is 9.85. The van der Waals surface area contributed by atoms with Crippen LogP contribution in [0.2, 0.25) is 0 Å². The molecule has 2 rings (SSSR count). The number of halogens is 2. The number of carboxylic acid groups (broad SMARTS) is 1. The van der Waals surface area contributed by atoms with Crippen LogP contribution in [0.4, 0.5) is 0 Å². The Morgan fingerprint density at radius 3 is 2.88 bits per heavy atom. The van der Waals surface area contributed by atoms with Gasteiger partial charge in [-0.3, -0.25) is 4.79 Å². The van der Waals surface area contributed by atoms with Crippen LogP contribution in [0.1, 0.15) is 39.0 Å². The van der Waals surface area contributed by atoms with Crippen LogP contribution in [-0.4, -0.2) is 27.9 Å². The maximum absolute atomic E-state index is 11.2. The summed E-state index contributed by atoms with van der Waals surface area (Å²) in [5, 5.41) is 12.8. The fraction of sp³-hybridized carbons (Fsp3) is 0.526. The lowest BCUT2D eigenvalue weighted by molar-refractivity contribution is -0.137. The number of hydrogen-bond acceptors (Lipinski definition) is 2. The molecular weight excluding hydrogens is 345 g/mol. The Morgan fingerprint density at radius 2 is 2.25 bits per heavy atom. The first-order valence-electron chi connectivity index (χ1n) is 8.32. The molecule has 2 N–H and O–H groups in total. The summed E-state index contributed by atoms with van der Waals surface area (Å²) in [4.78, 5) is 11.2. The van der Waals surface area contributed by atoms with Crippen LogP contribution in [0, 0.1) is 5.92 Å². The van der Waals surface area contributed by atoms with E-state index in [1.165, 1.54) is 11.3 Å². The van der Waals surface area contributed by atoms with Gasteiger partial charge in [-0.25, -0.2) is 0 Å². The highest BCUT2D eigenvalue weighted by atomic mass is 35.5. The van der Waals surface area contributed by atoms with Gasteiger partial charge in [0.1, 0.15) is 0 Å². The molecule has 0 amide bonds. The first-order valence-corrected chi connectivity index (χ1v) is 9.19. The van der Waals surface area contributed by atoms with Crippen molar-refractivity contribution < 1.29 is 9.90 Å². The van der Waals surface area contributed by atoms with Gasteiger partial charge in [0, 0.05) is 16.5 Å². The first-order chi connectivity index (χ1) is 11.3. The number of alkyl halides is 2. The van der Waals surface area contributed by atoms with Gasteiger partial charge in [0.2, 0.25) is 0 Å². The average molecular weight is 370 g/mol. The zero-order valence-electron chi connectivity index (χ0n) is 14.0. The number of carboxylic acids is 1. The molecule has 0 spiro atoms. The van der Waals surface area contributed by atoms with E-state index in [-0.39, 0.29) is 29.1 Å². The van der Waals surface area contributed by atoms with E-state index >= 15 is 0 Å². The second-order valence-electron chi connectivity index (χ2n) is 6.66. The Labute approximate surface area is 154 Å². The summed E-state index contributed by atoms with van der Waals surface area (Å²) in [5.41, 5.74) is 4.30. The molecule has 0 aromatic rings. The summed E-state index contributed by atoms with van der Waals surface area (Å²) in [6, 6.07) is 0.0555. The van der Waals surface area contributed by atoms with Crippen LogP contribution in [-0.2, 0) is 4.79 Å². The Kier molecular flexibility index (Phi) is 6.59.